The van der Waals surface area contributed by atoms with Crippen LogP contribution in [-0.2, 0) is 0 Å². The van der Waals surface area contributed by atoms with E-state index in [-0.39, 0.29) is 0 Å². The van der Waals surface area contributed by atoms with Crippen LogP contribution in [-0.4, -0.2) is 4.98 Å². The Morgan fingerprint density at radius 3 is 2.48 bits per heavy atom. The highest BCUT2D eigenvalue weighted by atomic mass is 79.9. The fraction of sp³-hybridized carbons (Fsp3) is 0. The Balaban J connectivity index is 1.95. The summed E-state index contributed by atoms with van der Waals surface area (Å²) in [5.74, 6) is 0. The highest BCUT2D eigenvalue weighted by molar-refractivity contribution is 9.10. The van der Waals surface area contributed by atoms with Crippen LogP contribution in [0, 0.1) is 11.3 Å². The minimum Gasteiger partial charge on any atom is -0.236 e. The molecular weight excluding hydrogens is 368 g/mol. The number of aromatic nitrogens is 1. The molecule has 1 heterocycles. The third-order valence-corrected chi connectivity index (χ3v) is 5.09. The maximum Gasteiger partial charge on any atom is 0.124 e. The van der Waals surface area contributed by atoms with E-state index >= 15 is 0 Å². The number of halogens is 2. The quantitative estimate of drug-likeness (QED) is 0.570. The first kappa shape index (κ1) is 14.3. The Kier molecular flexibility index (Phi) is 4.07. The summed E-state index contributed by atoms with van der Waals surface area (Å²) in [7, 11) is 0. The van der Waals surface area contributed by atoms with Crippen molar-refractivity contribution in [2.24, 2.45) is 0 Å². The van der Waals surface area contributed by atoms with E-state index in [9.17, 15) is 0 Å². The molecule has 0 radical (unpaired) electrons. The molecule has 3 aromatic rings. The predicted molar refractivity (Wildman–Crippen MR) is 90.4 cm³/mol. The van der Waals surface area contributed by atoms with Crippen molar-refractivity contribution in [1.82, 2.24) is 4.98 Å². The second-order valence-electron chi connectivity index (χ2n) is 4.36. The molecule has 0 unspecified atom stereocenters. The summed E-state index contributed by atoms with van der Waals surface area (Å²) in [6.45, 7) is 0. The minimum absolute atomic E-state index is 0.649. The highest BCUT2D eigenvalue weighted by Crippen LogP contribution is 2.32. The van der Waals surface area contributed by atoms with Gasteiger partial charge in [-0.05, 0) is 40.2 Å². The van der Waals surface area contributed by atoms with Crippen LogP contribution in [0.1, 0.15) is 5.56 Å². The van der Waals surface area contributed by atoms with Crippen molar-refractivity contribution in [1.29, 1.82) is 5.26 Å². The molecule has 0 bridgehead atoms. The zero-order chi connectivity index (χ0) is 14.8. The first-order valence-corrected chi connectivity index (χ1v) is 8.14. The van der Waals surface area contributed by atoms with Gasteiger partial charge in [0.2, 0.25) is 0 Å². The van der Waals surface area contributed by atoms with Gasteiger partial charge in [-0.2, -0.15) is 5.26 Å². The Hall–Kier alpha value is -1.67. The van der Waals surface area contributed by atoms with Gasteiger partial charge in [0.05, 0.1) is 22.3 Å². The normalized spacial score (nSPS) is 10.3. The Labute approximate surface area is 139 Å². The Morgan fingerprint density at radius 2 is 1.81 bits per heavy atom. The smallest absolute Gasteiger partial charge is 0.124 e. The average Bonchev–Trinajstić information content (AvgIpc) is 3.00. The molecule has 0 amide bonds. The van der Waals surface area contributed by atoms with Gasteiger partial charge < -0.3 is 0 Å². The lowest BCUT2D eigenvalue weighted by Gasteiger charge is -2.00. The topological polar surface area (TPSA) is 36.7 Å². The number of thiazole rings is 1. The Morgan fingerprint density at radius 1 is 1.10 bits per heavy atom. The second kappa shape index (κ2) is 5.98. The molecule has 0 saturated heterocycles. The van der Waals surface area contributed by atoms with Gasteiger partial charge in [0.15, 0.2) is 0 Å². The predicted octanol–water partition coefficient (Wildman–Crippen LogP) is 5.76. The second-order valence-corrected chi connectivity index (χ2v) is 6.48. The first-order chi connectivity index (χ1) is 10.2. The van der Waals surface area contributed by atoms with E-state index in [4.69, 9.17) is 16.9 Å². The largest absolute Gasteiger partial charge is 0.236 e. The van der Waals surface area contributed by atoms with E-state index < -0.39 is 0 Å². The SMILES string of the molecule is N#Cc1ccc(-c2csc(-c3ccc(Cl)c(Br)c3)n2)cc1. The van der Waals surface area contributed by atoms with Gasteiger partial charge in [-0.25, -0.2) is 4.98 Å². The van der Waals surface area contributed by atoms with Crippen molar-refractivity contribution in [2.75, 3.05) is 0 Å². The summed E-state index contributed by atoms with van der Waals surface area (Å²) in [4.78, 5) is 4.65. The van der Waals surface area contributed by atoms with E-state index in [0.717, 1.165) is 26.3 Å². The molecule has 0 spiro atoms. The van der Waals surface area contributed by atoms with Crippen LogP contribution in [0.2, 0.25) is 5.02 Å². The van der Waals surface area contributed by atoms with Crippen molar-refractivity contribution < 1.29 is 0 Å². The van der Waals surface area contributed by atoms with Crippen LogP contribution in [0.4, 0.5) is 0 Å². The van der Waals surface area contributed by atoms with Gasteiger partial charge in [-0.3, -0.25) is 0 Å². The zero-order valence-corrected chi connectivity index (χ0v) is 13.8. The van der Waals surface area contributed by atoms with Crippen LogP contribution in [0.3, 0.4) is 0 Å². The molecule has 3 rings (SSSR count). The molecular formula is C16H8BrClN2S. The van der Waals surface area contributed by atoms with Crippen LogP contribution in [0.5, 0.6) is 0 Å². The molecule has 0 aliphatic rings. The van der Waals surface area contributed by atoms with E-state index in [1.165, 1.54) is 0 Å². The molecule has 0 aliphatic carbocycles. The lowest BCUT2D eigenvalue weighted by Crippen LogP contribution is -1.81. The fourth-order valence-electron chi connectivity index (χ4n) is 1.88. The molecule has 2 aromatic carbocycles. The van der Waals surface area contributed by atoms with Gasteiger partial charge >= 0.3 is 0 Å². The number of benzene rings is 2. The molecule has 1 aromatic heterocycles. The van der Waals surface area contributed by atoms with Crippen LogP contribution >= 0.6 is 38.9 Å². The molecule has 102 valence electrons. The maximum atomic E-state index is 8.82. The lowest BCUT2D eigenvalue weighted by atomic mass is 10.1. The average molecular weight is 376 g/mol. The third-order valence-electron chi connectivity index (χ3n) is 2.98. The molecule has 21 heavy (non-hydrogen) atoms. The van der Waals surface area contributed by atoms with E-state index in [1.807, 2.05) is 35.7 Å². The summed E-state index contributed by atoms with van der Waals surface area (Å²) < 4.78 is 0.858. The number of hydrogen-bond donors (Lipinski definition) is 0. The number of nitriles is 1. The maximum absolute atomic E-state index is 8.82. The van der Waals surface area contributed by atoms with Crippen molar-refractivity contribution in [3.63, 3.8) is 0 Å². The molecule has 2 nitrogen and oxygen atoms in total. The third kappa shape index (κ3) is 3.01. The fourth-order valence-corrected chi connectivity index (χ4v) is 3.21. The van der Waals surface area contributed by atoms with E-state index in [2.05, 4.69) is 27.0 Å². The van der Waals surface area contributed by atoms with Gasteiger partial charge in [0, 0.05) is 21.0 Å². The van der Waals surface area contributed by atoms with Gasteiger partial charge in [-0.1, -0.05) is 29.8 Å². The number of rotatable bonds is 2. The minimum atomic E-state index is 0.649. The van der Waals surface area contributed by atoms with Crippen molar-refractivity contribution in [3.8, 4) is 27.9 Å². The van der Waals surface area contributed by atoms with Crippen LogP contribution in [0.15, 0.2) is 52.3 Å². The van der Waals surface area contributed by atoms with Crippen LogP contribution < -0.4 is 0 Å². The number of nitrogens with zero attached hydrogens (tertiary/aromatic N) is 2. The highest BCUT2D eigenvalue weighted by Gasteiger charge is 2.08. The van der Waals surface area contributed by atoms with E-state index in [1.54, 1.807) is 23.5 Å². The molecule has 0 aliphatic heterocycles. The molecule has 0 saturated carbocycles. The van der Waals surface area contributed by atoms with Gasteiger partial charge in [-0.15, -0.1) is 11.3 Å². The summed E-state index contributed by atoms with van der Waals surface area (Å²) in [5.41, 5.74) is 3.59. The van der Waals surface area contributed by atoms with Crippen molar-refractivity contribution in [3.05, 3.63) is 62.9 Å². The zero-order valence-electron chi connectivity index (χ0n) is 10.7. The van der Waals surface area contributed by atoms with Gasteiger partial charge in [0.1, 0.15) is 5.01 Å². The monoisotopic (exact) mass is 374 g/mol. The van der Waals surface area contributed by atoms with Crippen molar-refractivity contribution >= 4 is 38.9 Å². The summed E-state index contributed by atoms with van der Waals surface area (Å²) in [6.07, 6.45) is 0. The molecule has 0 fully saturated rings. The molecule has 5 heteroatoms. The number of hydrogen-bond acceptors (Lipinski definition) is 3. The Bertz CT molecular complexity index is 834. The van der Waals surface area contributed by atoms with Crippen LogP contribution in [0.25, 0.3) is 21.8 Å². The molecule has 0 N–H and O–H groups in total. The summed E-state index contributed by atoms with van der Waals surface area (Å²) >= 11 is 11.0. The first-order valence-electron chi connectivity index (χ1n) is 6.09. The summed E-state index contributed by atoms with van der Waals surface area (Å²) in [5, 5.41) is 12.5. The lowest BCUT2D eigenvalue weighted by molar-refractivity contribution is 1.39. The van der Waals surface area contributed by atoms with E-state index in [0.29, 0.717) is 10.6 Å². The van der Waals surface area contributed by atoms with Crippen molar-refractivity contribution in [2.45, 2.75) is 0 Å². The summed E-state index contributed by atoms with van der Waals surface area (Å²) in [6, 6.07) is 15.3. The standard InChI is InChI=1S/C16H8BrClN2S/c17-13-7-12(5-6-14(13)18)16-20-15(9-21-16)11-3-1-10(8-19)2-4-11/h1-7,9H. The molecule has 0 atom stereocenters. The van der Waals surface area contributed by atoms with Gasteiger partial charge in [0.25, 0.3) is 0 Å².